The van der Waals surface area contributed by atoms with Gasteiger partial charge in [0.25, 0.3) is 0 Å². The second-order valence-corrected chi connectivity index (χ2v) is 4.77. The zero-order valence-corrected chi connectivity index (χ0v) is 10.0. The Kier molecular flexibility index (Phi) is 3.06. The van der Waals surface area contributed by atoms with E-state index in [2.05, 4.69) is 15.3 Å². The third-order valence-electron chi connectivity index (χ3n) is 3.24. The van der Waals surface area contributed by atoms with E-state index in [4.69, 9.17) is 4.74 Å². The number of aromatic nitrogens is 2. The van der Waals surface area contributed by atoms with Crippen LogP contribution in [0.5, 0.6) is 0 Å². The van der Waals surface area contributed by atoms with Crippen molar-refractivity contribution in [2.45, 2.75) is 18.3 Å². The summed E-state index contributed by atoms with van der Waals surface area (Å²) >= 11 is 0. The first-order valence-corrected chi connectivity index (χ1v) is 6.00. The molecule has 0 saturated carbocycles. The Labute approximate surface area is 107 Å². The van der Waals surface area contributed by atoms with Gasteiger partial charge in [0.15, 0.2) is 0 Å². The van der Waals surface area contributed by atoms with Gasteiger partial charge in [0.1, 0.15) is 0 Å². The smallest absolute Gasteiger partial charge is 0.378 e. The van der Waals surface area contributed by atoms with Crippen LogP contribution in [0.2, 0.25) is 0 Å². The lowest BCUT2D eigenvalue weighted by molar-refractivity contribution is -0.138. The monoisotopic (exact) mass is 274 g/mol. The first-order chi connectivity index (χ1) is 9.02. The maximum atomic E-state index is 12.4. The van der Waals surface area contributed by atoms with Crippen LogP contribution in [0.3, 0.4) is 0 Å². The molecule has 3 rings (SSSR count). The zero-order valence-electron chi connectivity index (χ0n) is 10.0. The van der Waals surface area contributed by atoms with E-state index in [-0.39, 0.29) is 12.1 Å². The predicted octanol–water partition coefficient (Wildman–Crippen LogP) is 0.672. The minimum Gasteiger partial charge on any atom is -0.378 e. The molecule has 19 heavy (non-hydrogen) atoms. The molecule has 1 aromatic heterocycles. The summed E-state index contributed by atoms with van der Waals surface area (Å²) in [6, 6.07) is 0.358. The fourth-order valence-corrected chi connectivity index (χ4v) is 2.39. The van der Waals surface area contributed by atoms with Crippen LogP contribution >= 0.6 is 0 Å². The molecule has 3 heterocycles. The summed E-state index contributed by atoms with van der Waals surface area (Å²) in [6.07, 6.45) is -2.74. The van der Waals surface area contributed by atoms with Gasteiger partial charge >= 0.3 is 6.18 Å². The van der Waals surface area contributed by atoms with Crippen LogP contribution in [-0.2, 0) is 10.9 Å². The van der Waals surface area contributed by atoms with E-state index in [0.717, 1.165) is 12.4 Å². The molecule has 1 N–H and O–H groups in total. The number of alkyl halides is 3. The van der Waals surface area contributed by atoms with Crippen molar-refractivity contribution >= 4 is 5.95 Å². The molecular formula is C11H13F3N4O. The number of anilines is 1. The van der Waals surface area contributed by atoms with Crippen molar-refractivity contribution in [3.63, 3.8) is 0 Å². The fraction of sp³-hybridized carbons (Fsp3) is 0.636. The summed E-state index contributed by atoms with van der Waals surface area (Å²) in [4.78, 5) is 9.54. The Morgan fingerprint density at radius 1 is 1.16 bits per heavy atom. The van der Waals surface area contributed by atoms with Gasteiger partial charge in [-0.25, -0.2) is 9.97 Å². The largest absolute Gasteiger partial charge is 0.419 e. The van der Waals surface area contributed by atoms with Crippen molar-refractivity contribution in [1.29, 1.82) is 0 Å². The third-order valence-corrected chi connectivity index (χ3v) is 3.24. The molecule has 0 spiro atoms. The quantitative estimate of drug-likeness (QED) is 0.816. The van der Waals surface area contributed by atoms with Crippen molar-refractivity contribution in [3.05, 3.63) is 18.0 Å². The van der Waals surface area contributed by atoms with Crippen molar-refractivity contribution in [2.75, 3.05) is 31.2 Å². The van der Waals surface area contributed by atoms with E-state index in [0.29, 0.717) is 32.3 Å². The molecule has 2 atom stereocenters. The molecule has 104 valence electrons. The summed E-state index contributed by atoms with van der Waals surface area (Å²) < 4.78 is 42.7. The SMILES string of the molecule is FC(F)(F)c1cnc(N2CC3COCC(C2)N3)nc1. The van der Waals surface area contributed by atoms with E-state index in [1.54, 1.807) is 0 Å². The average molecular weight is 274 g/mol. The molecule has 2 bridgehead atoms. The summed E-state index contributed by atoms with van der Waals surface area (Å²) in [6.45, 7) is 2.49. The minimum absolute atomic E-state index is 0.179. The van der Waals surface area contributed by atoms with Gasteiger partial charge in [0, 0.05) is 37.6 Å². The summed E-state index contributed by atoms with van der Waals surface area (Å²) in [5.74, 6) is 0.339. The van der Waals surface area contributed by atoms with Crippen molar-refractivity contribution in [1.82, 2.24) is 15.3 Å². The molecule has 2 fully saturated rings. The number of hydrogen-bond donors (Lipinski definition) is 1. The molecule has 0 aliphatic carbocycles. The van der Waals surface area contributed by atoms with Crippen molar-refractivity contribution in [3.8, 4) is 0 Å². The second-order valence-electron chi connectivity index (χ2n) is 4.77. The number of halogens is 3. The molecule has 0 amide bonds. The molecule has 0 aromatic carbocycles. The standard InChI is InChI=1S/C11H13F3N4O/c12-11(13,14)7-1-15-10(16-2-7)18-3-8-5-19-6-9(4-18)17-8/h1-2,8-9,17H,3-6H2. The highest BCUT2D eigenvalue weighted by molar-refractivity contribution is 5.32. The van der Waals surface area contributed by atoms with Crippen molar-refractivity contribution in [2.24, 2.45) is 0 Å². The summed E-state index contributed by atoms with van der Waals surface area (Å²) in [5, 5.41) is 3.39. The number of ether oxygens (including phenoxy) is 1. The lowest BCUT2D eigenvalue weighted by Gasteiger charge is -2.42. The Bertz CT molecular complexity index is 438. The van der Waals surface area contributed by atoms with Crippen LogP contribution in [0.1, 0.15) is 5.56 Å². The lowest BCUT2D eigenvalue weighted by atomic mass is 10.1. The number of nitrogens with zero attached hydrogens (tertiary/aromatic N) is 3. The van der Waals surface area contributed by atoms with Gasteiger partial charge in [-0.3, -0.25) is 0 Å². The molecular weight excluding hydrogens is 261 g/mol. The van der Waals surface area contributed by atoms with E-state index in [1.807, 2.05) is 4.90 Å². The highest BCUT2D eigenvalue weighted by atomic mass is 19.4. The predicted molar refractivity (Wildman–Crippen MR) is 60.8 cm³/mol. The van der Waals surface area contributed by atoms with E-state index in [9.17, 15) is 13.2 Å². The van der Waals surface area contributed by atoms with Crippen LogP contribution in [0.25, 0.3) is 0 Å². The van der Waals surface area contributed by atoms with Crippen LogP contribution in [0, 0.1) is 0 Å². The topological polar surface area (TPSA) is 50.3 Å². The highest BCUT2D eigenvalue weighted by Crippen LogP contribution is 2.28. The Balaban J connectivity index is 1.75. The zero-order chi connectivity index (χ0) is 13.5. The molecule has 2 saturated heterocycles. The van der Waals surface area contributed by atoms with Gasteiger partial charge in [-0.2, -0.15) is 13.2 Å². The van der Waals surface area contributed by atoms with Crippen LogP contribution < -0.4 is 10.2 Å². The van der Waals surface area contributed by atoms with Gasteiger partial charge in [0.05, 0.1) is 18.8 Å². The second kappa shape index (κ2) is 4.61. The van der Waals surface area contributed by atoms with E-state index in [1.165, 1.54) is 0 Å². The molecule has 2 aliphatic rings. The van der Waals surface area contributed by atoms with Gasteiger partial charge in [-0.1, -0.05) is 0 Å². The average Bonchev–Trinajstić information content (AvgIpc) is 2.37. The summed E-state index contributed by atoms with van der Waals surface area (Å²) in [7, 11) is 0. The van der Waals surface area contributed by atoms with E-state index < -0.39 is 11.7 Å². The van der Waals surface area contributed by atoms with Gasteiger partial charge in [-0.05, 0) is 0 Å². The molecule has 8 heteroatoms. The fourth-order valence-electron chi connectivity index (χ4n) is 2.39. The third kappa shape index (κ3) is 2.64. The molecule has 2 aliphatic heterocycles. The normalized spacial score (nSPS) is 27.4. The first-order valence-electron chi connectivity index (χ1n) is 6.00. The number of piperazine rings is 1. The Morgan fingerprint density at radius 2 is 1.74 bits per heavy atom. The number of hydrogen-bond acceptors (Lipinski definition) is 5. The van der Waals surface area contributed by atoms with Gasteiger partial charge < -0.3 is 15.0 Å². The minimum atomic E-state index is -4.40. The van der Waals surface area contributed by atoms with Crippen LogP contribution in [0.15, 0.2) is 12.4 Å². The number of morpholine rings is 1. The first kappa shape index (κ1) is 12.6. The Hall–Kier alpha value is -1.41. The Morgan fingerprint density at radius 3 is 2.26 bits per heavy atom. The molecule has 1 aromatic rings. The van der Waals surface area contributed by atoms with Gasteiger partial charge in [0.2, 0.25) is 5.95 Å². The molecule has 0 radical (unpaired) electrons. The lowest BCUT2D eigenvalue weighted by Crippen LogP contribution is -2.63. The number of fused-ring (bicyclic) bond motifs is 2. The molecule has 5 nitrogen and oxygen atoms in total. The summed E-state index contributed by atoms with van der Waals surface area (Å²) in [5.41, 5.74) is -0.824. The molecule has 2 unspecified atom stereocenters. The van der Waals surface area contributed by atoms with Crippen molar-refractivity contribution < 1.29 is 17.9 Å². The number of nitrogens with one attached hydrogen (secondary N) is 1. The maximum Gasteiger partial charge on any atom is 0.419 e. The van der Waals surface area contributed by atoms with Gasteiger partial charge in [-0.15, -0.1) is 0 Å². The van der Waals surface area contributed by atoms with Crippen LogP contribution in [0.4, 0.5) is 19.1 Å². The van der Waals surface area contributed by atoms with Crippen LogP contribution in [-0.4, -0.2) is 48.4 Å². The highest BCUT2D eigenvalue weighted by Gasteiger charge is 2.34. The maximum absolute atomic E-state index is 12.4. The van der Waals surface area contributed by atoms with E-state index >= 15 is 0 Å². The number of rotatable bonds is 1.